The number of aromatic nitrogens is 5. The maximum absolute atomic E-state index is 5.74. The summed E-state index contributed by atoms with van der Waals surface area (Å²) in [5.41, 5.74) is 12.2. The molecule has 0 aliphatic rings. The maximum atomic E-state index is 5.74. The Morgan fingerprint density at radius 3 is 1.81 bits per heavy atom. The number of nitrogens with zero attached hydrogens (tertiary/aromatic N) is 5. The van der Waals surface area contributed by atoms with Crippen molar-refractivity contribution in [3.8, 4) is 22.9 Å². The molecule has 0 saturated heterocycles. The number of rotatable bonds is 3. The SMILES string of the molecule is c1ccc(-n2c3ccccc3c3c(-c4nc(-n5c6cc7c8ccccc8n8c9ccccc9c(c6c6ccc9ccccc9c65)c78)nc5ccccc45)cccc32)cc1. The minimum Gasteiger partial charge on any atom is -0.309 e. The molecule has 9 aromatic carbocycles. The highest BCUT2D eigenvalue weighted by Gasteiger charge is 2.27. The molecule has 0 fully saturated rings. The first-order valence-corrected chi connectivity index (χ1v) is 20.2. The van der Waals surface area contributed by atoms with Crippen LogP contribution in [0.2, 0.25) is 0 Å². The van der Waals surface area contributed by atoms with E-state index in [2.05, 4.69) is 202 Å². The Balaban J connectivity index is 1.18. The Morgan fingerprint density at radius 1 is 0.339 bits per heavy atom. The van der Waals surface area contributed by atoms with Crippen LogP contribution in [0.4, 0.5) is 0 Å². The van der Waals surface area contributed by atoms with E-state index in [-0.39, 0.29) is 0 Å². The third kappa shape index (κ3) is 3.98. The Kier molecular flexibility index (Phi) is 5.96. The second-order valence-electron chi connectivity index (χ2n) is 15.7. The summed E-state index contributed by atoms with van der Waals surface area (Å²) in [7, 11) is 0. The lowest BCUT2D eigenvalue weighted by Crippen LogP contribution is -2.04. The zero-order valence-corrected chi connectivity index (χ0v) is 31.6. The van der Waals surface area contributed by atoms with Gasteiger partial charge in [-0.1, -0.05) is 140 Å². The highest BCUT2D eigenvalue weighted by Crippen LogP contribution is 2.48. The molecule has 0 aliphatic carbocycles. The first-order chi connectivity index (χ1) is 29.3. The second kappa shape index (κ2) is 11.3. The lowest BCUT2D eigenvalue weighted by atomic mass is 10.0. The van der Waals surface area contributed by atoms with Gasteiger partial charge < -0.3 is 8.97 Å². The summed E-state index contributed by atoms with van der Waals surface area (Å²) < 4.78 is 7.20. The van der Waals surface area contributed by atoms with E-state index in [0.717, 1.165) is 49.9 Å². The third-order valence-corrected chi connectivity index (χ3v) is 12.7. The molecule has 0 spiro atoms. The predicted molar refractivity (Wildman–Crippen MR) is 246 cm³/mol. The highest BCUT2D eigenvalue weighted by molar-refractivity contribution is 6.37. The quantitative estimate of drug-likeness (QED) is 0.180. The fourth-order valence-corrected chi connectivity index (χ4v) is 10.4. The monoisotopic (exact) mass is 749 g/mol. The van der Waals surface area contributed by atoms with Crippen LogP contribution in [-0.4, -0.2) is 23.5 Å². The van der Waals surface area contributed by atoms with E-state index in [1.54, 1.807) is 0 Å². The van der Waals surface area contributed by atoms with E-state index in [0.29, 0.717) is 5.95 Å². The molecular formula is C54H31N5. The zero-order chi connectivity index (χ0) is 38.3. The molecule has 0 N–H and O–H groups in total. The van der Waals surface area contributed by atoms with Crippen LogP contribution in [0, 0.1) is 0 Å². The first-order valence-electron chi connectivity index (χ1n) is 20.2. The van der Waals surface area contributed by atoms with Crippen LogP contribution in [0.1, 0.15) is 0 Å². The summed E-state index contributed by atoms with van der Waals surface area (Å²) in [6.07, 6.45) is 0. The summed E-state index contributed by atoms with van der Waals surface area (Å²) in [4.78, 5) is 11.2. The van der Waals surface area contributed by atoms with Crippen molar-refractivity contribution >= 4 is 103 Å². The normalized spacial score (nSPS) is 12.4. The van der Waals surface area contributed by atoms with E-state index < -0.39 is 0 Å². The average Bonchev–Trinajstić information content (AvgIpc) is 4.03. The number of para-hydroxylation sites is 5. The molecule has 5 heteroatoms. The Bertz CT molecular complexity index is 4070. The van der Waals surface area contributed by atoms with E-state index in [9.17, 15) is 0 Å². The molecule has 272 valence electrons. The molecule has 0 saturated carbocycles. The summed E-state index contributed by atoms with van der Waals surface area (Å²) in [5.74, 6) is 0.653. The van der Waals surface area contributed by atoms with Crippen molar-refractivity contribution in [3.05, 3.63) is 188 Å². The summed E-state index contributed by atoms with van der Waals surface area (Å²) in [6, 6.07) is 67.9. The second-order valence-corrected chi connectivity index (χ2v) is 15.7. The van der Waals surface area contributed by atoms with Crippen molar-refractivity contribution in [3.63, 3.8) is 0 Å². The van der Waals surface area contributed by atoms with Gasteiger partial charge in [-0.05, 0) is 53.9 Å². The Labute approximate surface area is 336 Å². The van der Waals surface area contributed by atoms with Crippen molar-refractivity contribution in [1.29, 1.82) is 0 Å². The van der Waals surface area contributed by atoms with Crippen molar-refractivity contribution in [1.82, 2.24) is 23.5 Å². The van der Waals surface area contributed by atoms with Crippen LogP contribution in [0.5, 0.6) is 0 Å². The van der Waals surface area contributed by atoms with E-state index in [1.807, 2.05) is 0 Å². The zero-order valence-electron chi connectivity index (χ0n) is 31.6. The fraction of sp³-hybridized carbons (Fsp3) is 0. The molecular weight excluding hydrogens is 719 g/mol. The molecule has 0 unspecified atom stereocenters. The molecule has 0 radical (unpaired) electrons. The van der Waals surface area contributed by atoms with Gasteiger partial charge in [0.15, 0.2) is 0 Å². The van der Waals surface area contributed by atoms with Gasteiger partial charge in [0.2, 0.25) is 5.95 Å². The topological polar surface area (TPSA) is 40.0 Å². The Morgan fingerprint density at radius 2 is 0.983 bits per heavy atom. The number of benzene rings is 9. The van der Waals surface area contributed by atoms with Gasteiger partial charge >= 0.3 is 0 Å². The lowest BCUT2D eigenvalue weighted by Gasteiger charge is -2.14. The minimum absolute atomic E-state index is 0.653. The van der Waals surface area contributed by atoms with Gasteiger partial charge in [0.1, 0.15) is 0 Å². The molecule has 0 aliphatic heterocycles. The van der Waals surface area contributed by atoms with Crippen LogP contribution in [-0.2, 0) is 0 Å². The predicted octanol–water partition coefficient (Wildman–Crippen LogP) is 13.8. The standard InChI is InChI=1S/C54H31N5/c1-2-16-33(17-3-1)57-44-26-12-8-21-37(44)48-39(23-14-28-46(48)57)51-36-20-6-10-24-42(36)55-54(56-51)59-47-31-41-35-19-7-11-25-43(35)58-45-27-13-9-22-38(45)50(53(41)58)49(47)40-30-29-32-15-4-5-18-34(32)52(40)59/h1-31H. The van der Waals surface area contributed by atoms with E-state index in [4.69, 9.17) is 9.97 Å². The summed E-state index contributed by atoms with van der Waals surface area (Å²) in [5, 5.41) is 13.1. The highest BCUT2D eigenvalue weighted by atomic mass is 15.2. The van der Waals surface area contributed by atoms with Crippen LogP contribution in [0.25, 0.3) is 126 Å². The van der Waals surface area contributed by atoms with Crippen LogP contribution in [0.15, 0.2) is 188 Å². The van der Waals surface area contributed by atoms with Crippen molar-refractivity contribution in [2.24, 2.45) is 0 Å². The number of hydrogen-bond donors (Lipinski definition) is 0. The van der Waals surface area contributed by atoms with E-state index in [1.165, 1.54) is 70.4 Å². The average molecular weight is 750 g/mol. The molecule has 0 bridgehead atoms. The number of hydrogen-bond acceptors (Lipinski definition) is 2. The van der Waals surface area contributed by atoms with Crippen molar-refractivity contribution < 1.29 is 0 Å². The van der Waals surface area contributed by atoms with Gasteiger partial charge in [-0.2, -0.15) is 0 Å². The van der Waals surface area contributed by atoms with Crippen molar-refractivity contribution in [2.75, 3.05) is 0 Å². The number of fused-ring (bicyclic) bond motifs is 16. The van der Waals surface area contributed by atoms with Gasteiger partial charge in [-0.25, -0.2) is 9.97 Å². The smallest absolute Gasteiger partial charge is 0.235 e. The molecule has 14 aromatic rings. The van der Waals surface area contributed by atoms with Gasteiger partial charge in [0, 0.05) is 65.1 Å². The van der Waals surface area contributed by atoms with Crippen molar-refractivity contribution in [2.45, 2.75) is 0 Å². The van der Waals surface area contributed by atoms with Gasteiger partial charge in [-0.15, -0.1) is 0 Å². The van der Waals surface area contributed by atoms with Crippen LogP contribution in [0.3, 0.4) is 0 Å². The molecule has 0 amide bonds. The minimum atomic E-state index is 0.653. The molecule has 0 atom stereocenters. The fourth-order valence-electron chi connectivity index (χ4n) is 10.4. The lowest BCUT2D eigenvalue weighted by molar-refractivity contribution is 1.02. The van der Waals surface area contributed by atoms with E-state index >= 15 is 0 Å². The molecule has 59 heavy (non-hydrogen) atoms. The van der Waals surface area contributed by atoms with Gasteiger partial charge in [0.05, 0.1) is 49.8 Å². The molecule has 5 nitrogen and oxygen atoms in total. The van der Waals surface area contributed by atoms with Gasteiger partial charge in [-0.3, -0.25) is 4.57 Å². The molecule has 5 aromatic heterocycles. The molecule has 5 heterocycles. The first kappa shape index (κ1) is 31.1. The molecule has 14 rings (SSSR count). The Hall–Kier alpha value is -8.02. The maximum Gasteiger partial charge on any atom is 0.235 e. The summed E-state index contributed by atoms with van der Waals surface area (Å²) in [6.45, 7) is 0. The largest absolute Gasteiger partial charge is 0.309 e. The summed E-state index contributed by atoms with van der Waals surface area (Å²) >= 11 is 0. The van der Waals surface area contributed by atoms with Crippen LogP contribution >= 0.6 is 0 Å². The third-order valence-electron chi connectivity index (χ3n) is 12.7. The van der Waals surface area contributed by atoms with Crippen LogP contribution < -0.4 is 0 Å². The van der Waals surface area contributed by atoms with Gasteiger partial charge in [0.25, 0.3) is 0 Å².